The van der Waals surface area contributed by atoms with E-state index in [0.29, 0.717) is 24.5 Å². The van der Waals surface area contributed by atoms with E-state index in [-0.39, 0.29) is 5.97 Å². The van der Waals surface area contributed by atoms with Crippen molar-refractivity contribution in [2.24, 2.45) is 0 Å². The molecule has 0 atom stereocenters. The van der Waals surface area contributed by atoms with Gasteiger partial charge in [-0.2, -0.15) is 0 Å². The monoisotopic (exact) mass is 277 g/mol. The maximum absolute atomic E-state index is 12.1. The van der Waals surface area contributed by atoms with Crippen molar-refractivity contribution < 1.29 is 14.3 Å². The molecule has 1 aliphatic rings. The highest BCUT2D eigenvalue weighted by Gasteiger charge is 2.19. The van der Waals surface area contributed by atoms with Gasteiger partial charge in [-0.3, -0.25) is 0 Å². The number of carbonyl (C=O) groups is 1. The fourth-order valence-electron chi connectivity index (χ4n) is 2.28. The number of rotatable bonds is 7. The molecule has 0 aromatic heterocycles. The third kappa shape index (κ3) is 3.89. The van der Waals surface area contributed by atoms with Crippen molar-refractivity contribution >= 4 is 11.7 Å². The van der Waals surface area contributed by atoms with Gasteiger partial charge in [0.05, 0.1) is 12.3 Å². The molecular weight excluding hydrogens is 254 g/mol. The van der Waals surface area contributed by atoms with Crippen LogP contribution in [0, 0.1) is 0 Å². The van der Waals surface area contributed by atoms with Crippen LogP contribution in [-0.2, 0) is 4.74 Å². The SMILES string of the molecule is CCCCCCCOC(=O)c1cccc2c1OCCN2. The van der Waals surface area contributed by atoms with Gasteiger partial charge in [0.15, 0.2) is 5.75 Å². The number of hydrogen-bond acceptors (Lipinski definition) is 4. The molecule has 2 rings (SSSR count). The van der Waals surface area contributed by atoms with Crippen molar-refractivity contribution in [3.05, 3.63) is 23.8 Å². The summed E-state index contributed by atoms with van der Waals surface area (Å²) in [5.74, 6) is 0.329. The minimum atomic E-state index is -0.291. The molecule has 110 valence electrons. The number of carbonyl (C=O) groups excluding carboxylic acids is 1. The maximum atomic E-state index is 12.1. The molecule has 0 spiro atoms. The van der Waals surface area contributed by atoms with E-state index in [0.717, 1.165) is 25.1 Å². The van der Waals surface area contributed by atoms with Crippen LogP contribution in [0.25, 0.3) is 0 Å². The number of benzene rings is 1. The Bertz CT molecular complexity index is 445. The number of anilines is 1. The third-order valence-electron chi connectivity index (χ3n) is 3.38. The van der Waals surface area contributed by atoms with E-state index < -0.39 is 0 Å². The highest BCUT2D eigenvalue weighted by Crippen LogP contribution is 2.31. The molecule has 1 aliphatic heterocycles. The van der Waals surface area contributed by atoms with E-state index in [1.807, 2.05) is 12.1 Å². The van der Waals surface area contributed by atoms with Gasteiger partial charge < -0.3 is 14.8 Å². The normalized spacial score (nSPS) is 13.1. The molecule has 4 heteroatoms. The Hall–Kier alpha value is -1.71. The summed E-state index contributed by atoms with van der Waals surface area (Å²) in [5, 5.41) is 3.22. The first-order valence-corrected chi connectivity index (χ1v) is 7.49. The van der Waals surface area contributed by atoms with Crippen LogP contribution in [0.1, 0.15) is 49.4 Å². The Balaban J connectivity index is 1.83. The molecule has 1 aromatic carbocycles. The lowest BCUT2D eigenvalue weighted by molar-refractivity contribution is 0.0493. The van der Waals surface area contributed by atoms with Gasteiger partial charge in [0.2, 0.25) is 0 Å². The average Bonchev–Trinajstić information content (AvgIpc) is 2.50. The van der Waals surface area contributed by atoms with Crippen molar-refractivity contribution in [2.45, 2.75) is 39.0 Å². The summed E-state index contributed by atoms with van der Waals surface area (Å²) in [4.78, 5) is 12.1. The second kappa shape index (κ2) is 7.78. The van der Waals surface area contributed by atoms with Crippen molar-refractivity contribution in [1.29, 1.82) is 0 Å². The zero-order valence-corrected chi connectivity index (χ0v) is 12.1. The minimum absolute atomic E-state index is 0.291. The van der Waals surface area contributed by atoms with E-state index in [1.165, 1.54) is 19.3 Å². The van der Waals surface area contributed by atoms with E-state index in [1.54, 1.807) is 6.07 Å². The average molecular weight is 277 g/mol. The van der Waals surface area contributed by atoms with Gasteiger partial charge in [0.1, 0.15) is 12.2 Å². The fourth-order valence-corrected chi connectivity index (χ4v) is 2.28. The lowest BCUT2D eigenvalue weighted by Crippen LogP contribution is -2.20. The number of para-hydroxylation sites is 1. The van der Waals surface area contributed by atoms with E-state index >= 15 is 0 Å². The first kappa shape index (κ1) is 14.7. The molecule has 0 saturated heterocycles. The predicted octanol–water partition coefficient (Wildman–Crippen LogP) is 3.62. The number of esters is 1. The van der Waals surface area contributed by atoms with Crippen LogP contribution in [0.15, 0.2) is 18.2 Å². The summed E-state index contributed by atoms with van der Waals surface area (Å²) in [6.07, 6.45) is 5.73. The number of ether oxygens (including phenoxy) is 2. The molecule has 0 bridgehead atoms. The predicted molar refractivity (Wildman–Crippen MR) is 79.5 cm³/mol. The molecule has 0 aliphatic carbocycles. The van der Waals surface area contributed by atoms with E-state index in [4.69, 9.17) is 9.47 Å². The fraction of sp³-hybridized carbons (Fsp3) is 0.562. The smallest absolute Gasteiger partial charge is 0.342 e. The van der Waals surface area contributed by atoms with Crippen molar-refractivity contribution in [3.8, 4) is 5.75 Å². The Kier molecular flexibility index (Phi) is 5.71. The standard InChI is InChI=1S/C16H23NO3/c1-2-3-4-5-6-11-20-16(18)13-8-7-9-14-15(13)19-12-10-17-14/h7-9,17H,2-6,10-12H2,1H3. The van der Waals surface area contributed by atoms with Gasteiger partial charge >= 0.3 is 5.97 Å². The van der Waals surface area contributed by atoms with Gasteiger partial charge in [-0.05, 0) is 18.6 Å². The first-order valence-electron chi connectivity index (χ1n) is 7.49. The highest BCUT2D eigenvalue weighted by atomic mass is 16.5. The molecule has 1 aromatic rings. The molecular formula is C16H23NO3. The first-order chi connectivity index (χ1) is 9.83. The molecule has 20 heavy (non-hydrogen) atoms. The third-order valence-corrected chi connectivity index (χ3v) is 3.38. The van der Waals surface area contributed by atoms with Gasteiger partial charge in [0.25, 0.3) is 0 Å². The molecule has 4 nitrogen and oxygen atoms in total. The Morgan fingerprint density at radius 1 is 1.30 bits per heavy atom. The molecule has 0 amide bonds. The van der Waals surface area contributed by atoms with Crippen LogP contribution >= 0.6 is 0 Å². The lowest BCUT2D eigenvalue weighted by atomic mass is 10.1. The molecule has 1 N–H and O–H groups in total. The highest BCUT2D eigenvalue weighted by molar-refractivity contribution is 5.95. The Morgan fingerprint density at radius 3 is 3.00 bits per heavy atom. The van der Waals surface area contributed by atoms with Crippen LogP contribution in [-0.4, -0.2) is 25.7 Å². The summed E-state index contributed by atoms with van der Waals surface area (Å²) in [6, 6.07) is 5.51. The van der Waals surface area contributed by atoms with Gasteiger partial charge in [-0.15, -0.1) is 0 Å². The zero-order chi connectivity index (χ0) is 14.2. The number of hydrogen-bond donors (Lipinski definition) is 1. The zero-order valence-electron chi connectivity index (χ0n) is 12.1. The maximum Gasteiger partial charge on any atom is 0.342 e. The quantitative estimate of drug-likeness (QED) is 0.611. The Labute approximate surface area is 120 Å². The van der Waals surface area contributed by atoms with Gasteiger partial charge in [-0.25, -0.2) is 4.79 Å². The van der Waals surface area contributed by atoms with Crippen molar-refractivity contribution in [3.63, 3.8) is 0 Å². The van der Waals surface area contributed by atoms with Crippen LogP contribution in [0.4, 0.5) is 5.69 Å². The van der Waals surface area contributed by atoms with Crippen molar-refractivity contribution in [1.82, 2.24) is 0 Å². The molecule has 0 fully saturated rings. The van der Waals surface area contributed by atoms with Crippen molar-refractivity contribution in [2.75, 3.05) is 25.1 Å². The lowest BCUT2D eigenvalue weighted by Gasteiger charge is -2.21. The minimum Gasteiger partial charge on any atom is -0.489 e. The summed E-state index contributed by atoms with van der Waals surface area (Å²) in [6.45, 7) is 4.02. The molecule has 0 unspecified atom stereocenters. The second-order valence-electron chi connectivity index (χ2n) is 5.01. The van der Waals surface area contributed by atoms with Crippen LogP contribution in [0.2, 0.25) is 0 Å². The largest absolute Gasteiger partial charge is 0.489 e. The van der Waals surface area contributed by atoms with Crippen LogP contribution in [0.5, 0.6) is 5.75 Å². The molecule has 0 saturated carbocycles. The summed E-state index contributed by atoms with van der Waals surface area (Å²) in [7, 11) is 0. The van der Waals surface area contributed by atoms with Gasteiger partial charge in [-0.1, -0.05) is 38.7 Å². The Morgan fingerprint density at radius 2 is 2.15 bits per heavy atom. The number of unbranched alkanes of at least 4 members (excludes halogenated alkanes) is 4. The van der Waals surface area contributed by atoms with E-state index in [9.17, 15) is 4.79 Å². The van der Waals surface area contributed by atoms with Crippen LogP contribution < -0.4 is 10.1 Å². The molecule has 1 heterocycles. The van der Waals surface area contributed by atoms with E-state index in [2.05, 4.69) is 12.2 Å². The summed E-state index contributed by atoms with van der Waals surface area (Å²) < 4.78 is 10.9. The second-order valence-corrected chi connectivity index (χ2v) is 5.01. The summed E-state index contributed by atoms with van der Waals surface area (Å²) in [5.41, 5.74) is 1.39. The van der Waals surface area contributed by atoms with Gasteiger partial charge in [0, 0.05) is 6.54 Å². The molecule has 0 radical (unpaired) electrons. The number of fused-ring (bicyclic) bond motifs is 1. The summed E-state index contributed by atoms with van der Waals surface area (Å²) >= 11 is 0. The van der Waals surface area contributed by atoms with Crippen LogP contribution in [0.3, 0.4) is 0 Å². The topological polar surface area (TPSA) is 47.6 Å². The number of nitrogens with one attached hydrogen (secondary N) is 1.